The van der Waals surface area contributed by atoms with Crippen molar-refractivity contribution in [3.63, 3.8) is 0 Å². The predicted octanol–water partition coefficient (Wildman–Crippen LogP) is 6.04. The Morgan fingerprint density at radius 2 is 1.94 bits per heavy atom. The minimum Gasteiger partial charge on any atom is -0.367 e. The van der Waals surface area contributed by atoms with Crippen LogP contribution >= 0.6 is 0 Å². The molecule has 4 nitrogen and oxygen atoms in total. The summed E-state index contributed by atoms with van der Waals surface area (Å²) in [5, 5.41) is 6.43. The van der Waals surface area contributed by atoms with Crippen molar-refractivity contribution in [3.8, 4) is 0 Å². The number of nitrogens with one attached hydrogen (secondary N) is 2. The Labute approximate surface area is 194 Å². The van der Waals surface area contributed by atoms with Gasteiger partial charge in [-0.05, 0) is 51.7 Å². The fraction of sp³-hybridized carbons (Fsp3) is 0.286. The van der Waals surface area contributed by atoms with E-state index in [1.54, 1.807) is 24.4 Å². The van der Waals surface area contributed by atoms with Gasteiger partial charge in [-0.1, -0.05) is 85.6 Å². The summed E-state index contributed by atoms with van der Waals surface area (Å²) in [4.78, 5) is 17.0. The standard InChI is InChI=1S/C28H37N3O/c1-6-9-11-14-24(5)22-30-28(32)25(8-3)19-17-23(4)18-20-27(29-21-7-2)31-26-15-12-10-13-16-26/h6-12,14-15,17,19,21,27,31H,1-3,13,16,18,20,22H2,4-5H3,(H,30,32)/b11-9-,23-17+,24-14+,25-19+,29-21-. The molecule has 0 saturated heterocycles. The summed E-state index contributed by atoms with van der Waals surface area (Å²) >= 11 is 0. The third-order valence-electron chi connectivity index (χ3n) is 4.73. The van der Waals surface area contributed by atoms with Crippen LogP contribution in [0, 0.1) is 0 Å². The first-order valence-electron chi connectivity index (χ1n) is 11.0. The molecule has 170 valence electrons. The third-order valence-corrected chi connectivity index (χ3v) is 4.73. The van der Waals surface area contributed by atoms with Crippen molar-refractivity contribution in [2.45, 2.75) is 45.7 Å². The molecule has 2 N–H and O–H groups in total. The van der Waals surface area contributed by atoms with Gasteiger partial charge in [0.15, 0.2) is 0 Å². The number of allylic oxidation sites excluding steroid dienone is 12. The van der Waals surface area contributed by atoms with Crippen molar-refractivity contribution in [1.82, 2.24) is 10.6 Å². The zero-order chi connectivity index (χ0) is 23.6. The van der Waals surface area contributed by atoms with Crippen LogP contribution in [-0.4, -0.2) is 24.8 Å². The molecule has 0 heterocycles. The van der Waals surface area contributed by atoms with Crippen LogP contribution in [0.25, 0.3) is 0 Å². The third kappa shape index (κ3) is 11.7. The van der Waals surface area contributed by atoms with Crippen molar-refractivity contribution in [1.29, 1.82) is 0 Å². The van der Waals surface area contributed by atoms with Gasteiger partial charge in [-0.25, -0.2) is 0 Å². The molecule has 4 heteroatoms. The van der Waals surface area contributed by atoms with E-state index in [-0.39, 0.29) is 12.1 Å². The van der Waals surface area contributed by atoms with Crippen LogP contribution in [0.2, 0.25) is 0 Å². The second kappa shape index (κ2) is 16.3. The van der Waals surface area contributed by atoms with Crippen molar-refractivity contribution in [2.75, 3.05) is 6.54 Å². The maximum Gasteiger partial charge on any atom is 0.251 e. The average molecular weight is 432 g/mol. The molecule has 1 unspecified atom stereocenters. The van der Waals surface area contributed by atoms with Gasteiger partial charge in [0.05, 0.1) is 0 Å². The molecular formula is C28H37N3O. The lowest BCUT2D eigenvalue weighted by Gasteiger charge is -2.19. The van der Waals surface area contributed by atoms with Gasteiger partial charge in [0, 0.05) is 24.0 Å². The first-order valence-corrected chi connectivity index (χ1v) is 11.0. The highest BCUT2D eigenvalue weighted by Gasteiger charge is 2.09. The summed E-state index contributed by atoms with van der Waals surface area (Å²) in [5.74, 6) is -0.142. The lowest BCUT2D eigenvalue weighted by Crippen LogP contribution is -2.27. The van der Waals surface area contributed by atoms with Gasteiger partial charge in [0.1, 0.15) is 6.17 Å². The molecule has 0 spiro atoms. The van der Waals surface area contributed by atoms with Gasteiger partial charge < -0.3 is 10.6 Å². The molecule has 32 heavy (non-hydrogen) atoms. The summed E-state index contributed by atoms with van der Waals surface area (Å²) in [6.07, 6.45) is 26.3. The molecule has 0 bridgehead atoms. The number of aliphatic imine (C=N–C) groups is 1. The molecule has 0 fully saturated rings. The molecule has 1 atom stereocenters. The number of hydrogen-bond acceptors (Lipinski definition) is 3. The number of rotatable bonds is 14. The highest BCUT2D eigenvalue weighted by Crippen LogP contribution is 2.14. The van der Waals surface area contributed by atoms with Crippen molar-refractivity contribution in [2.24, 2.45) is 4.99 Å². The summed E-state index contributed by atoms with van der Waals surface area (Å²) < 4.78 is 0. The Bertz CT molecular complexity index is 863. The Morgan fingerprint density at radius 1 is 1.12 bits per heavy atom. The van der Waals surface area contributed by atoms with E-state index in [1.807, 2.05) is 37.3 Å². The van der Waals surface area contributed by atoms with Crippen LogP contribution in [-0.2, 0) is 4.79 Å². The van der Waals surface area contributed by atoms with Crippen molar-refractivity contribution in [3.05, 3.63) is 109 Å². The zero-order valence-corrected chi connectivity index (χ0v) is 19.5. The van der Waals surface area contributed by atoms with E-state index in [2.05, 4.69) is 60.5 Å². The van der Waals surface area contributed by atoms with Gasteiger partial charge in [0.25, 0.3) is 5.91 Å². The first kappa shape index (κ1) is 26.6. The fourth-order valence-electron chi connectivity index (χ4n) is 2.88. The highest BCUT2D eigenvalue weighted by atomic mass is 16.1. The summed E-state index contributed by atoms with van der Waals surface area (Å²) in [7, 11) is 0. The molecule has 1 aliphatic carbocycles. The van der Waals surface area contributed by atoms with Gasteiger partial charge in [-0.2, -0.15) is 0 Å². The van der Waals surface area contributed by atoms with E-state index < -0.39 is 0 Å². The van der Waals surface area contributed by atoms with Crippen LogP contribution in [0.3, 0.4) is 0 Å². The molecule has 0 radical (unpaired) electrons. The summed E-state index contributed by atoms with van der Waals surface area (Å²) in [5.41, 5.74) is 3.96. The lowest BCUT2D eigenvalue weighted by atomic mass is 10.1. The zero-order valence-electron chi connectivity index (χ0n) is 19.5. The van der Waals surface area contributed by atoms with Crippen molar-refractivity contribution >= 4 is 12.1 Å². The smallest absolute Gasteiger partial charge is 0.251 e. The van der Waals surface area contributed by atoms with Gasteiger partial charge in [0.2, 0.25) is 0 Å². The predicted molar refractivity (Wildman–Crippen MR) is 139 cm³/mol. The molecule has 0 saturated carbocycles. The largest absolute Gasteiger partial charge is 0.367 e. The molecular weight excluding hydrogens is 394 g/mol. The molecule has 1 aliphatic rings. The van der Waals surface area contributed by atoms with E-state index in [1.165, 1.54) is 11.3 Å². The Morgan fingerprint density at radius 3 is 2.59 bits per heavy atom. The quantitative estimate of drug-likeness (QED) is 0.200. The van der Waals surface area contributed by atoms with Crippen LogP contribution in [0.5, 0.6) is 0 Å². The Hall–Kier alpha value is -3.40. The average Bonchev–Trinajstić information content (AvgIpc) is 2.80. The number of carbonyl (C=O) groups is 1. The summed E-state index contributed by atoms with van der Waals surface area (Å²) in [6.45, 7) is 15.6. The van der Waals surface area contributed by atoms with E-state index in [4.69, 9.17) is 0 Å². The van der Waals surface area contributed by atoms with Crippen LogP contribution < -0.4 is 10.6 Å². The summed E-state index contributed by atoms with van der Waals surface area (Å²) in [6, 6.07) is 0. The molecule has 1 rings (SSSR count). The van der Waals surface area contributed by atoms with Crippen LogP contribution in [0.1, 0.15) is 39.5 Å². The van der Waals surface area contributed by atoms with Gasteiger partial charge >= 0.3 is 0 Å². The molecule has 0 aromatic carbocycles. The number of carbonyl (C=O) groups excluding carboxylic acids is 1. The minimum atomic E-state index is -0.142. The van der Waals surface area contributed by atoms with Crippen LogP contribution in [0.15, 0.2) is 114 Å². The van der Waals surface area contributed by atoms with Crippen LogP contribution in [0.4, 0.5) is 0 Å². The Balaban J connectivity index is 2.67. The molecule has 1 amide bonds. The molecule has 0 aromatic heterocycles. The van der Waals surface area contributed by atoms with E-state index in [9.17, 15) is 4.79 Å². The van der Waals surface area contributed by atoms with Gasteiger partial charge in [-0.15, -0.1) is 0 Å². The highest BCUT2D eigenvalue weighted by molar-refractivity contribution is 5.96. The number of hydrogen-bond donors (Lipinski definition) is 2. The number of amides is 1. The topological polar surface area (TPSA) is 53.5 Å². The minimum absolute atomic E-state index is 0.00912. The fourth-order valence-corrected chi connectivity index (χ4v) is 2.88. The maximum absolute atomic E-state index is 12.4. The SMILES string of the molecule is C=C/C=C\C=C(/C)CNC(=O)/C(C=C)=C/C=C(\C)CCC(/N=C\C=C)NC1=CC=CCC1. The number of nitrogens with zero attached hydrogens (tertiary/aromatic N) is 1. The second-order valence-electron chi connectivity index (χ2n) is 7.55. The Kier molecular flexibility index (Phi) is 13.6. The normalized spacial score (nSPS) is 16.1. The van der Waals surface area contributed by atoms with Crippen molar-refractivity contribution < 1.29 is 4.79 Å². The monoisotopic (exact) mass is 431 g/mol. The first-order chi connectivity index (χ1) is 15.5. The van der Waals surface area contributed by atoms with E-state index in [0.29, 0.717) is 12.1 Å². The molecule has 0 aromatic rings. The lowest BCUT2D eigenvalue weighted by molar-refractivity contribution is -0.117. The van der Waals surface area contributed by atoms with E-state index >= 15 is 0 Å². The van der Waals surface area contributed by atoms with Gasteiger partial charge in [-0.3, -0.25) is 9.79 Å². The molecule has 0 aliphatic heterocycles. The maximum atomic E-state index is 12.4. The second-order valence-corrected chi connectivity index (χ2v) is 7.55. The van der Waals surface area contributed by atoms with E-state index in [0.717, 1.165) is 31.3 Å².